The van der Waals surface area contributed by atoms with Gasteiger partial charge in [-0.2, -0.15) is 0 Å². The van der Waals surface area contributed by atoms with E-state index in [9.17, 15) is 24.5 Å². The number of anilines is 1. The topological polar surface area (TPSA) is 101 Å². The molecule has 1 aromatic rings. The normalized spacial score (nSPS) is 31.0. The predicted octanol–water partition coefficient (Wildman–Crippen LogP) is 0.727. The summed E-state index contributed by atoms with van der Waals surface area (Å²) in [4.78, 5) is 51.0. The maximum Gasteiger partial charge on any atom is 0.293 e. The maximum atomic E-state index is 12.9. The molecular weight excluding hydrogens is 314 g/mol. The molecule has 122 valence electrons. The lowest BCUT2D eigenvalue weighted by molar-refractivity contribution is -0.384. The molecule has 0 N–H and O–H groups in total. The van der Waals surface area contributed by atoms with E-state index in [1.165, 1.54) is 29.2 Å². The first-order chi connectivity index (χ1) is 11.4. The van der Waals surface area contributed by atoms with Gasteiger partial charge < -0.3 is 4.90 Å². The minimum atomic E-state index is -0.781. The number of nitro benzene ring substituents is 1. The van der Waals surface area contributed by atoms with Crippen molar-refractivity contribution in [2.75, 3.05) is 11.9 Å². The van der Waals surface area contributed by atoms with E-state index in [2.05, 4.69) is 0 Å². The number of nitro groups is 1. The predicted molar refractivity (Wildman–Crippen MR) is 81.8 cm³/mol. The summed E-state index contributed by atoms with van der Waals surface area (Å²) in [6.07, 6.45) is 3.43. The molecule has 1 aliphatic carbocycles. The van der Waals surface area contributed by atoms with Crippen molar-refractivity contribution < 1.29 is 19.3 Å². The van der Waals surface area contributed by atoms with Crippen LogP contribution in [0.15, 0.2) is 36.4 Å². The number of fused-ring (bicyclic) bond motifs is 1. The number of piperidine rings is 1. The molecule has 1 aromatic carbocycles. The molecule has 4 aliphatic rings. The molecule has 3 aliphatic heterocycles. The first-order valence-electron chi connectivity index (χ1n) is 7.49. The number of nitrogens with zero attached hydrogens (tertiary/aromatic N) is 3. The van der Waals surface area contributed by atoms with Crippen LogP contribution in [0, 0.1) is 27.9 Å². The standard InChI is InChI=1S/C16H13N3O5/c1-17-11-7-6-8(14(17)20)12-13(11)16(22)18(15(12)21)9-4-2-3-5-10(9)19(23)24/h2-8,11-13H,1H3/t8-,11+,12+,13+/m0/s1. The summed E-state index contributed by atoms with van der Waals surface area (Å²) in [5.41, 5.74) is -0.348. The minimum Gasteiger partial charge on any atom is -0.338 e. The van der Waals surface area contributed by atoms with Crippen LogP contribution < -0.4 is 4.90 Å². The van der Waals surface area contributed by atoms with Crippen LogP contribution in [0.2, 0.25) is 0 Å². The molecule has 0 unspecified atom stereocenters. The summed E-state index contributed by atoms with van der Waals surface area (Å²) in [6, 6.07) is 5.16. The summed E-state index contributed by atoms with van der Waals surface area (Å²) < 4.78 is 0. The molecule has 3 heterocycles. The highest BCUT2D eigenvalue weighted by atomic mass is 16.6. The first-order valence-corrected chi connectivity index (χ1v) is 7.49. The van der Waals surface area contributed by atoms with Crippen molar-refractivity contribution in [1.82, 2.24) is 4.90 Å². The molecule has 2 fully saturated rings. The van der Waals surface area contributed by atoms with Gasteiger partial charge in [0.1, 0.15) is 5.69 Å². The van der Waals surface area contributed by atoms with Crippen molar-refractivity contribution in [3.05, 3.63) is 46.5 Å². The van der Waals surface area contributed by atoms with Crippen LogP contribution in [-0.2, 0) is 14.4 Å². The zero-order chi connectivity index (χ0) is 17.2. The zero-order valence-corrected chi connectivity index (χ0v) is 12.7. The number of rotatable bonds is 2. The van der Waals surface area contributed by atoms with E-state index in [1.54, 1.807) is 19.2 Å². The van der Waals surface area contributed by atoms with Crippen LogP contribution in [0.1, 0.15) is 0 Å². The Kier molecular flexibility index (Phi) is 2.87. The van der Waals surface area contributed by atoms with Gasteiger partial charge in [0.15, 0.2) is 0 Å². The molecule has 5 rings (SSSR count). The van der Waals surface area contributed by atoms with E-state index in [1.807, 2.05) is 0 Å². The highest BCUT2D eigenvalue weighted by molar-refractivity contribution is 6.24. The minimum absolute atomic E-state index is 0.0404. The quantitative estimate of drug-likeness (QED) is 0.345. The fraction of sp³-hybridized carbons (Fsp3) is 0.312. The SMILES string of the molecule is CN1C(=O)[C@H]2C=C[C@@H]1[C@H]1C(=O)N(c3ccccc3[N+](=O)[O-])C(=O)[C@@H]12. The van der Waals surface area contributed by atoms with Crippen molar-refractivity contribution >= 4 is 29.1 Å². The first kappa shape index (κ1) is 14.6. The molecule has 0 saturated carbocycles. The molecular formula is C16H13N3O5. The third kappa shape index (κ3) is 1.65. The second kappa shape index (κ2) is 4.73. The van der Waals surface area contributed by atoms with Gasteiger partial charge in [0.2, 0.25) is 17.7 Å². The third-order valence-electron chi connectivity index (χ3n) is 5.07. The number of carbonyl (C=O) groups excluding carboxylic acids is 3. The van der Waals surface area contributed by atoms with Crippen molar-refractivity contribution in [2.45, 2.75) is 6.04 Å². The van der Waals surface area contributed by atoms with Gasteiger partial charge >= 0.3 is 0 Å². The highest BCUT2D eigenvalue weighted by Gasteiger charge is 2.62. The second-order valence-electron chi connectivity index (χ2n) is 6.16. The number of imide groups is 1. The van der Waals surface area contributed by atoms with Gasteiger partial charge in [0.05, 0.1) is 28.7 Å². The Bertz CT molecular complexity index is 833. The van der Waals surface area contributed by atoms with Crippen molar-refractivity contribution in [3.63, 3.8) is 0 Å². The molecule has 4 atom stereocenters. The van der Waals surface area contributed by atoms with Crippen LogP contribution in [0.5, 0.6) is 0 Å². The van der Waals surface area contributed by atoms with E-state index in [0.717, 1.165) is 4.90 Å². The van der Waals surface area contributed by atoms with Gasteiger partial charge in [-0.15, -0.1) is 0 Å². The number of hydrogen-bond donors (Lipinski definition) is 0. The Labute approximate surface area is 136 Å². The number of carbonyl (C=O) groups is 3. The van der Waals surface area contributed by atoms with Gasteiger partial charge in [0.25, 0.3) is 5.69 Å². The summed E-state index contributed by atoms with van der Waals surface area (Å²) in [7, 11) is 1.60. The highest BCUT2D eigenvalue weighted by Crippen LogP contribution is 2.47. The number of hydrogen-bond acceptors (Lipinski definition) is 5. The van der Waals surface area contributed by atoms with Crippen LogP contribution in [0.4, 0.5) is 11.4 Å². The maximum absolute atomic E-state index is 12.9. The lowest BCUT2D eigenvalue weighted by Crippen LogP contribution is -2.57. The fourth-order valence-electron chi connectivity index (χ4n) is 3.96. The Morgan fingerprint density at radius 3 is 2.38 bits per heavy atom. The molecule has 0 aromatic heterocycles. The van der Waals surface area contributed by atoms with E-state index in [0.29, 0.717) is 0 Å². The summed E-state index contributed by atoms with van der Waals surface area (Å²) in [6.45, 7) is 0. The van der Waals surface area contributed by atoms with Crippen molar-refractivity contribution in [1.29, 1.82) is 0 Å². The number of benzene rings is 1. The van der Waals surface area contributed by atoms with Gasteiger partial charge in [0, 0.05) is 13.1 Å². The average Bonchev–Trinajstić information content (AvgIpc) is 2.84. The molecule has 2 saturated heterocycles. The monoisotopic (exact) mass is 327 g/mol. The average molecular weight is 327 g/mol. The van der Waals surface area contributed by atoms with Crippen LogP contribution >= 0.6 is 0 Å². The molecule has 8 nitrogen and oxygen atoms in total. The number of amides is 3. The molecule has 2 bridgehead atoms. The number of likely N-dealkylation sites (N-methyl/N-ethyl adjacent to an activating group) is 1. The third-order valence-corrected chi connectivity index (χ3v) is 5.07. The van der Waals surface area contributed by atoms with E-state index < -0.39 is 40.5 Å². The lowest BCUT2D eigenvalue weighted by atomic mass is 9.70. The summed E-state index contributed by atoms with van der Waals surface area (Å²) in [5, 5.41) is 11.2. The van der Waals surface area contributed by atoms with Crippen molar-refractivity contribution in [2.24, 2.45) is 17.8 Å². The fourth-order valence-corrected chi connectivity index (χ4v) is 3.96. The van der Waals surface area contributed by atoms with Gasteiger partial charge in [-0.05, 0) is 6.07 Å². The lowest BCUT2D eigenvalue weighted by Gasteiger charge is -2.44. The van der Waals surface area contributed by atoms with Gasteiger partial charge in [-0.25, -0.2) is 4.90 Å². The largest absolute Gasteiger partial charge is 0.338 e. The molecule has 8 heteroatoms. The van der Waals surface area contributed by atoms with Crippen LogP contribution in [-0.4, -0.2) is 40.6 Å². The van der Waals surface area contributed by atoms with E-state index in [-0.39, 0.29) is 17.3 Å². The van der Waals surface area contributed by atoms with E-state index in [4.69, 9.17) is 0 Å². The second-order valence-corrected chi connectivity index (χ2v) is 6.16. The Hall–Kier alpha value is -3.03. The van der Waals surface area contributed by atoms with E-state index >= 15 is 0 Å². The molecule has 0 radical (unpaired) electrons. The molecule has 3 amide bonds. The number of para-hydroxylation sites is 2. The molecule has 0 spiro atoms. The summed E-state index contributed by atoms with van der Waals surface area (Å²) >= 11 is 0. The van der Waals surface area contributed by atoms with Crippen molar-refractivity contribution in [3.8, 4) is 0 Å². The zero-order valence-electron chi connectivity index (χ0n) is 12.7. The Morgan fingerprint density at radius 1 is 1.00 bits per heavy atom. The van der Waals surface area contributed by atoms with Gasteiger partial charge in [-0.1, -0.05) is 24.3 Å². The molecule has 24 heavy (non-hydrogen) atoms. The summed E-state index contributed by atoms with van der Waals surface area (Å²) in [5.74, 6) is -3.38. The van der Waals surface area contributed by atoms with Crippen LogP contribution in [0.25, 0.3) is 0 Å². The Balaban J connectivity index is 1.83. The Morgan fingerprint density at radius 2 is 1.67 bits per heavy atom. The van der Waals surface area contributed by atoms with Crippen LogP contribution in [0.3, 0.4) is 0 Å². The van der Waals surface area contributed by atoms with Gasteiger partial charge in [-0.3, -0.25) is 24.5 Å². The smallest absolute Gasteiger partial charge is 0.293 e.